The van der Waals surface area contributed by atoms with Gasteiger partial charge in [-0.3, -0.25) is 9.48 Å². The van der Waals surface area contributed by atoms with E-state index in [4.69, 9.17) is 4.52 Å². The van der Waals surface area contributed by atoms with Crippen LogP contribution < -0.4 is 5.32 Å². The van der Waals surface area contributed by atoms with Crippen molar-refractivity contribution in [2.75, 3.05) is 5.32 Å². The van der Waals surface area contributed by atoms with Gasteiger partial charge in [0.05, 0.1) is 12.2 Å². The Balaban J connectivity index is 1.97. The Morgan fingerprint density at radius 1 is 1.48 bits per heavy atom. The third-order valence-corrected chi connectivity index (χ3v) is 3.64. The summed E-state index contributed by atoms with van der Waals surface area (Å²) < 4.78 is 6.90. The third kappa shape index (κ3) is 3.93. The second-order valence-corrected chi connectivity index (χ2v) is 5.47. The van der Waals surface area contributed by atoms with Crippen LogP contribution >= 0.6 is 0 Å². The van der Waals surface area contributed by atoms with Crippen LogP contribution in [0.4, 0.5) is 5.82 Å². The summed E-state index contributed by atoms with van der Waals surface area (Å²) in [5, 5.41) is 11.1. The molecule has 0 aliphatic heterocycles. The standard InChI is InChI=1S/C15H22N4O2/c1-5-10(2)8-15(20)16-14-6-7-19(17-14)9-13-11(3)18-21-12(13)4/h6-7,10H,5,8-9H2,1-4H3,(H,16,17,20). The highest BCUT2D eigenvalue weighted by atomic mass is 16.5. The maximum atomic E-state index is 11.8. The first-order chi connectivity index (χ1) is 9.99. The number of amides is 1. The molecule has 2 aromatic rings. The van der Waals surface area contributed by atoms with Crippen molar-refractivity contribution in [1.29, 1.82) is 0 Å². The highest BCUT2D eigenvalue weighted by molar-refractivity contribution is 5.89. The van der Waals surface area contributed by atoms with E-state index >= 15 is 0 Å². The molecule has 2 aromatic heterocycles. The lowest BCUT2D eigenvalue weighted by atomic mass is 10.1. The van der Waals surface area contributed by atoms with Crippen LogP contribution in [0.3, 0.4) is 0 Å². The quantitative estimate of drug-likeness (QED) is 0.887. The minimum Gasteiger partial charge on any atom is -0.361 e. The average molecular weight is 290 g/mol. The fourth-order valence-electron chi connectivity index (χ4n) is 2.06. The van der Waals surface area contributed by atoms with E-state index in [0.717, 1.165) is 23.4 Å². The van der Waals surface area contributed by atoms with Crippen LogP contribution in [-0.2, 0) is 11.3 Å². The van der Waals surface area contributed by atoms with E-state index in [0.29, 0.717) is 24.7 Å². The van der Waals surface area contributed by atoms with Gasteiger partial charge >= 0.3 is 0 Å². The summed E-state index contributed by atoms with van der Waals surface area (Å²) in [7, 11) is 0. The number of aryl methyl sites for hydroxylation is 2. The van der Waals surface area contributed by atoms with E-state index in [2.05, 4.69) is 29.4 Å². The fraction of sp³-hybridized carbons (Fsp3) is 0.533. The minimum atomic E-state index is 0.00642. The number of carbonyl (C=O) groups is 1. The van der Waals surface area contributed by atoms with Crippen molar-refractivity contribution in [3.8, 4) is 0 Å². The molecule has 0 saturated heterocycles. The SMILES string of the molecule is CCC(C)CC(=O)Nc1ccn(Cc2c(C)noc2C)n1. The van der Waals surface area contributed by atoms with Gasteiger partial charge in [0.1, 0.15) is 5.76 Å². The molecule has 0 aliphatic carbocycles. The monoisotopic (exact) mass is 290 g/mol. The van der Waals surface area contributed by atoms with Gasteiger partial charge in [0.2, 0.25) is 5.91 Å². The van der Waals surface area contributed by atoms with Crippen molar-refractivity contribution >= 4 is 11.7 Å². The van der Waals surface area contributed by atoms with Crippen LogP contribution in [0, 0.1) is 19.8 Å². The molecule has 1 amide bonds. The molecule has 0 aromatic carbocycles. The first-order valence-corrected chi connectivity index (χ1v) is 7.24. The molecule has 0 aliphatic rings. The molecule has 6 heteroatoms. The van der Waals surface area contributed by atoms with Crippen LogP contribution in [0.1, 0.15) is 43.7 Å². The Kier molecular flexibility index (Phi) is 4.77. The summed E-state index contributed by atoms with van der Waals surface area (Å²) in [6, 6.07) is 1.80. The van der Waals surface area contributed by atoms with Crippen molar-refractivity contribution in [2.45, 2.75) is 47.1 Å². The zero-order chi connectivity index (χ0) is 15.4. The summed E-state index contributed by atoms with van der Waals surface area (Å²) >= 11 is 0. The van der Waals surface area contributed by atoms with Gasteiger partial charge in [0.15, 0.2) is 5.82 Å². The van der Waals surface area contributed by atoms with E-state index < -0.39 is 0 Å². The van der Waals surface area contributed by atoms with Crippen molar-refractivity contribution in [3.63, 3.8) is 0 Å². The molecule has 0 saturated carbocycles. The van der Waals surface area contributed by atoms with Crippen LogP contribution in [0.5, 0.6) is 0 Å². The summed E-state index contributed by atoms with van der Waals surface area (Å²) in [6.45, 7) is 8.52. The minimum absolute atomic E-state index is 0.00642. The number of rotatable bonds is 6. The second-order valence-electron chi connectivity index (χ2n) is 5.47. The molecule has 114 valence electrons. The van der Waals surface area contributed by atoms with Gasteiger partial charge < -0.3 is 9.84 Å². The van der Waals surface area contributed by atoms with Gasteiger partial charge in [-0.2, -0.15) is 5.10 Å². The van der Waals surface area contributed by atoms with Gasteiger partial charge in [-0.25, -0.2) is 0 Å². The number of nitrogens with one attached hydrogen (secondary N) is 1. The maximum absolute atomic E-state index is 11.8. The first-order valence-electron chi connectivity index (χ1n) is 7.24. The van der Waals surface area contributed by atoms with E-state index in [9.17, 15) is 4.79 Å². The summed E-state index contributed by atoms with van der Waals surface area (Å²) in [4.78, 5) is 11.8. The number of aromatic nitrogens is 3. The molecule has 1 unspecified atom stereocenters. The molecule has 21 heavy (non-hydrogen) atoms. The number of hydrogen-bond donors (Lipinski definition) is 1. The van der Waals surface area contributed by atoms with Gasteiger partial charge in [0.25, 0.3) is 0 Å². The van der Waals surface area contributed by atoms with Crippen LogP contribution in [-0.4, -0.2) is 20.8 Å². The molecule has 0 bridgehead atoms. The van der Waals surface area contributed by atoms with E-state index in [-0.39, 0.29) is 5.91 Å². The lowest BCUT2D eigenvalue weighted by molar-refractivity contribution is -0.117. The molecule has 1 atom stereocenters. The van der Waals surface area contributed by atoms with E-state index in [1.807, 2.05) is 20.0 Å². The highest BCUT2D eigenvalue weighted by Crippen LogP contribution is 2.15. The van der Waals surface area contributed by atoms with Gasteiger partial charge in [-0.1, -0.05) is 25.4 Å². The Bertz CT molecular complexity index is 595. The molecule has 0 spiro atoms. The normalized spacial score (nSPS) is 12.4. The zero-order valence-corrected chi connectivity index (χ0v) is 13.0. The largest absolute Gasteiger partial charge is 0.361 e. The smallest absolute Gasteiger partial charge is 0.225 e. The summed E-state index contributed by atoms with van der Waals surface area (Å²) in [5.74, 6) is 1.77. The Hall–Kier alpha value is -2.11. The van der Waals surface area contributed by atoms with Crippen LogP contribution in [0.2, 0.25) is 0 Å². The van der Waals surface area contributed by atoms with Crippen LogP contribution in [0.15, 0.2) is 16.8 Å². The lowest BCUT2D eigenvalue weighted by Gasteiger charge is -2.07. The lowest BCUT2D eigenvalue weighted by Crippen LogP contribution is -2.15. The fourth-order valence-corrected chi connectivity index (χ4v) is 2.06. The van der Waals surface area contributed by atoms with E-state index in [1.54, 1.807) is 10.7 Å². The summed E-state index contributed by atoms with van der Waals surface area (Å²) in [5.41, 5.74) is 1.89. The Morgan fingerprint density at radius 2 is 2.24 bits per heavy atom. The number of anilines is 1. The number of carbonyl (C=O) groups excluding carboxylic acids is 1. The average Bonchev–Trinajstić information content (AvgIpc) is 3.00. The van der Waals surface area contributed by atoms with Gasteiger partial charge in [0, 0.05) is 24.2 Å². The molecular weight excluding hydrogens is 268 g/mol. The first kappa shape index (κ1) is 15.3. The molecule has 1 N–H and O–H groups in total. The molecule has 2 rings (SSSR count). The predicted octanol–water partition coefficient (Wildman–Crippen LogP) is 2.91. The molecular formula is C15H22N4O2. The highest BCUT2D eigenvalue weighted by Gasteiger charge is 2.12. The van der Waals surface area contributed by atoms with Crippen molar-refractivity contribution in [3.05, 3.63) is 29.3 Å². The topological polar surface area (TPSA) is 73.0 Å². The molecule has 0 radical (unpaired) electrons. The third-order valence-electron chi connectivity index (χ3n) is 3.64. The number of nitrogens with zero attached hydrogens (tertiary/aromatic N) is 3. The van der Waals surface area contributed by atoms with Gasteiger partial charge in [-0.05, 0) is 19.8 Å². The second kappa shape index (κ2) is 6.56. The molecule has 2 heterocycles. The predicted molar refractivity (Wildman–Crippen MR) is 80.0 cm³/mol. The molecule has 0 fully saturated rings. The maximum Gasteiger partial charge on any atom is 0.225 e. The summed E-state index contributed by atoms with van der Waals surface area (Å²) in [6.07, 6.45) is 3.35. The van der Waals surface area contributed by atoms with Crippen molar-refractivity contribution in [2.24, 2.45) is 5.92 Å². The molecule has 6 nitrogen and oxygen atoms in total. The number of hydrogen-bond acceptors (Lipinski definition) is 4. The van der Waals surface area contributed by atoms with Crippen molar-refractivity contribution in [1.82, 2.24) is 14.9 Å². The zero-order valence-electron chi connectivity index (χ0n) is 13.0. The van der Waals surface area contributed by atoms with Crippen molar-refractivity contribution < 1.29 is 9.32 Å². The van der Waals surface area contributed by atoms with Crippen LogP contribution in [0.25, 0.3) is 0 Å². The Morgan fingerprint density at radius 3 is 2.86 bits per heavy atom. The Labute approximate surface area is 124 Å². The van der Waals surface area contributed by atoms with Gasteiger partial charge in [-0.15, -0.1) is 0 Å². The van der Waals surface area contributed by atoms with E-state index in [1.165, 1.54) is 0 Å².